The number of benzene rings is 2. The lowest BCUT2D eigenvalue weighted by Gasteiger charge is -2.17. The quantitative estimate of drug-likeness (QED) is 0.441. The maximum atomic E-state index is 12.8. The fourth-order valence-electron chi connectivity index (χ4n) is 3.40. The number of rotatable bonds is 7. The summed E-state index contributed by atoms with van der Waals surface area (Å²) in [5.41, 5.74) is 2.74. The van der Waals surface area contributed by atoms with Crippen LogP contribution in [-0.4, -0.2) is 40.9 Å². The van der Waals surface area contributed by atoms with Crippen LogP contribution in [-0.2, 0) is 11.3 Å². The minimum atomic E-state index is -0.228. The SMILES string of the molecule is COc1ccc(Cl)cc1NC(=O)CN(C)Cc1cc(=O)n2c(-c3ccccc3)csc2n1. The second-order valence-corrected chi connectivity index (χ2v) is 8.53. The van der Waals surface area contributed by atoms with Crippen molar-refractivity contribution in [3.05, 3.63) is 81.0 Å². The first-order valence-corrected chi connectivity index (χ1v) is 11.1. The zero-order valence-corrected chi connectivity index (χ0v) is 19.1. The molecule has 4 aromatic rings. The molecule has 0 aliphatic rings. The summed E-state index contributed by atoms with van der Waals surface area (Å²) in [4.78, 5) is 32.3. The van der Waals surface area contributed by atoms with E-state index in [1.54, 1.807) is 34.5 Å². The number of thiazole rings is 1. The lowest BCUT2D eigenvalue weighted by atomic mass is 10.2. The predicted octanol–water partition coefficient (Wildman–Crippen LogP) is 4.16. The summed E-state index contributed by atoms with van der Waals surface area (Å²) in [7, 11) is 3.32. The molecule has 1 amide bonds. The number of halogens is 1. The highest BCUT2D eigenvalue weighted by Gasteiger charge is 2.14. The van der Waals surface area contributed by atoms with Crippen LogP contribution in [0.5, 0.6) is 5.75 Å². The number of hydrogen-bond donors (Lipinski definition) is 1. The molecule has 0 atom stereocenters. The number of nitrogens with zero attached hydrogens (tertiary/aromatic N) is 3. The summed E-state index contributed by atoms with van der Waals surface area (Å²) in [5.74, 6) is 0.297. The van der Waals surface area contributed by atoms with Crippen molar-refractivity contribution >= 4 is 39.5 Å². The van der Waals surface area contributed by atoms with E-state index in [0.29, 0.717) is 33.7 Å². The third-order valence-corrected chi connectivity index (χ3v) is 5.87. The molecule has 164 valence electrons. The molecule has 0 spiro atoms. The van der Waals surface area contributed by atoms with Gasteiger partial charge in [-0.25, -0.2) is 4.98 Å². The summed E-state index contributed by atoms with van der Waals surface area (Å²) < 4.78 is 6.87. The van der Waals surface area contributed by atoms with Crippen LogP contribution in [0.15, 0.2) is 64.8 Å². The molecule has 0 saturated heterocycles. The third kappa shape index (κ3) is 4.83. The van der Waals surface area contributed by atoms with Crippen molar-refractivity contribution in [3.8, 4) is 17.0 Å². The van der Waals surface area contributed by atoms with Crippen molar-refractivity contribution < 1.29 is 9.53 Å². The third-order valence-electron chi connectivity index (χ3n) is 4.81. The van der Waals surface area contributed by atoms with Crippen molar-refractivity contribution in [2.24, 2.45) is 0 Å². The number of anilines is 1. The summed E-state index contributed by atoms with van der Waals surface area (Å²) >= 11 is 7.43. The Morgan fingerprint density at radius 1 is 1.22 bits per heavy atom. The number of ether oxygens (including phenoxy) is 1. The Hall–Kier alpha value is -3.20. The van der Waals surface area contributed by atoms with E-state index in [0.717, 1.165) is 11.3 Å². The Morgan fingerprint density at radius 2 is 2.00 bits per heavy atom. The van der Waals surface area contributed by atoms with Crippen LogP contribution in [0.25, 0.3) is 16.2 Å². The van der Waals surface area contributed by atoms with Crippen LogP contribution in [0.4, 0.5) is 5.69 Å². The molecule has 7 nitrogen and oxygen atoms in total. The van der Waals surface area contributed by atoms with Crippen LogP contribution in [0.3, 0.4) is 0 Å². The molecule has 32 heavy (non-hydrogen) atoms. The predicted molar refractivity (Wildman–Crippen MR) is 128 cm³/mol. The first-order chi connectivity index (χ1) is 15.4. The van der Waals surface area contributed by atoms with Crippen LogP contribution in [0.1, 0.15) is 5.69 Å². The highest BCUT2D eigenvalue weighted by Crippen LogP contribution is 2.27. The number of nitrogens with one attached hydrogen (secondary N) is 1. The normalized spacial score (nSPS) is 11.1. The van der Waals surface area contributed by atoms with Crippen molar-refractivity contribution in [3.63, 3.8) is 0 Å². The molecule has 0 saturated carbocycles. The monoisotopic (exact) mass is 468 g/mol. The zero-order chi connectivity index (χ0) is 22.7. The van der Waals surface area contributed by atoms with Gasteiger partial charge in [-0.3, -0.25) is 18.9 Å². The average Bonchev–Trinajstić information content (AvgIpc) is 3.19. The van der Waals surface area contributed by atoms with Gasteiger partial charge in [0.05, 0.1) is 30.7 Å². The van der Waals surface area contributed by atoms with Gasteiger partial charge in [-0.15, -0.1) is 11.3 Å². The van der Waals surface area contributed by atoms with Gasteiger partial charge in [0, 0.05) is 23.0 Å². The lowest BCUT2D eigenvalue weighted by Crippen LogP contribution is -2.30. The molecule has 2 aromatic carbocycles. The fourth-order valence-corrected chi connectivity index (χ4v) is 4.50. The van der Waals surface area contributed by atoms with Crippen LogP contribution >= 0.6 is 22.9 Å². The van der Waals surface area contributed by atoms with Crippen molar-refractivity contribution in [1.29, 1.82) is 0 Å². The van der Waals surface area contributed by atoms with E-state index in [1.807, 2.05) is 35.7 Å². The topological polar surface area (TPSA) is 75.9 Å². The molecule has 0 fully saturated rings. The largest absolute Gasteiger partial charge is 0.495 e. The van der Waals surface area contributed by atoms with Crippen molar-refractivity contribution in [2.75, 3.05) is 26.0 Å². The molecule has 0 aliphatic heterocycles. The second kappa shape index (κ2) is 9.52. The van der Waals surface area contributed by atoms with E-state index in [-0.39, 0.29) is 18.0 Å². The minimum absolute atomic E-state index is 0.108. The van der Waals surface area contributed by atoms with Gasteiger partial charge in [-0.2, -0.15) is 0 Å². The smallest absolute Gasteiger partial charge is 0.259 e. The van der Waals surface area contributed by atoms with Gasteiger partial charge >= 0.3 is 0 Å². The van der Waals surface area contributed by atoms with Gasteiger partial charge in [0.25, 0.3) is 5.56 Å². The Bertz CT molecular complexity index is 1320. The van der Waals surface area contributed by atoms with E-state index >= 15 is 0 Å². The average molecular weight is 469 g/mol. The maximum Gasteiger partial charge on any atom is 0.259 e. The number of fused-ring (bicyclic) bond motifs is 1. The maximum absolute atomic E-state index is 12.8. The second-order valence-electron chi connectivity index (χ2n) is 7.26. The summed E-state index contributed by atoms with van der Waals surface area (Å²) in [6.07, 6.45) is 0. The summed E-state index contributed by atoms with van der Waals surface area (Å²) in [5, 5.41) is 5.23. The first-order valence-electron chi connectivity index (χ1n) is 9.82. The molecule has 9 heteroatoms. The van der Waals surface area contributed by atoms with Crippen molar-refractivity contribution in [1.82, 2.24) is 14.3 Å². The van der Waals surface area contributed by atoms with Crippen LogP contribution in [0, 0.1) is 0 Å². The zero-order valence-electron chi connectivity index (χ0n) is 17.5. The molecule has 1 N–H and O–H groups in total. The number of amides is 1. The number of hydrogen-bond acceptors (Lipinski definition) is 6. The number of methoxy groups -OCH3 is 1. The van der Waals surface area contributed by atoms with Gasteiger partial charge in [-0.05, 0) is 30.8 Å². The molecule has 0 unspecified atom stereocenters. The van der Waals surface area contributed by atoms with Gasteiger partial charge in [0.15, 0.2) is 4.96 Å². The van der Waals surface area contributed by atoms with E-state index in [9.17, 15) is 9.59 Å². The minimum Gasteiger partial charge on any atom is -0.495 e. The Kier molecular flexibility index (Phi) is 6.55. The van der Waals surface area contributed by atoms with Gasteiger partial charge < -0.3 is 10.1 Å². The molecule has 4 rings (SSSR count). The fraction of sp³-hybridized carbons (Fsp3) is 0.174. The Labute approximate surface area is 193 Å². The molecule has 2 heterocycles. The first kappa shape index (κ1) is 22.0. The van der Waals surface area contributed by atoms with Crippen LogP contribution in [0.2, 0.25) is 5.02 Å². The van der Waals surface area contributed by atoms with E-state index in [2.05, 4.69) is 10.3 Å². The summed E-state index contributed by atoms with van der Waals surface area (Å²) in [6.45, 7) is 0.459. The van der Waals surface area contributed by atoms with Gasteiger partial charge in [0.1, 0.15) is 5.75 Å². The standard InChI is InChI=1S/C23H21ClN4O3S/c1-27(13-21(29)26-18-10-16(24)8-9-20(18)31-2)12-17-11-22(30)28-19(14-32-23(28)25-17)15-6-4-3-5-7-15/h3-11,14H,12-13H2,1-2H3,(H,26,29). The van der Waals surface area contributed by atoms with Gasteiger partial charge in [0.2, 0.25) is 5.91 Å². The Morgan fingerprint density at radius 3 is 2.75 bits per heavy atom. The number of likely N-dealkylation sites (N-methyl/N-ethyl adjacent to an activating group) is 1. The molecule has 0 bridgehead atoms. The number of carbonyl (C=O) groups is 1. The van der Waals surface area contributed by atoms with Gasteiger partial charge in [-0.1, -0.05) is 41.9 Å². The molecule has 0 radical (unpaired) electrons. The highest BCUT2D eigenvalue weighted by molar-refractivity contribution is 7.15. The summed E-state index contributed by atoms with van der Waals surface area (Å²) in [6, 6.07) is 16.3. The van der Waals surface area contributed by atoms with E-state index in [4.69, 9.17) is 16.3 Å². The van der Waals surface area contributed by atoms with E-state index < -0.39 is 0 Å². The molecule has 0 aliphatic carbocycles. The van der Waals surface area contributed by atoms with E-state index in [1.165, 1.54) is 24.5 Å². The molecule has 2 aromatic heterocycles. The number of carbonyl (C=O) groups excluding carboxylic acids is 1. The number of aromatic nitrogens is 2. The highest BCUT2D eigenvalue weighted by atomic mass is 35.5. The Balaban J connectivity index is 1.47. The molecular formula is C23H21ClN4O3S. The lowest BCUT2D eigenvalue weighted by molar-refractivity contribution is -0.117. The molecular weight excluding hydrogens is 448 g/mol. The van der Waals surface area contributed by atoms with Crippen molar-refractivity contribution in [2.45, 2.75) is 6.54 Å². The van der Waals surface area contributed by atoms with Crippen LogP contribution < -0.4 is 15.6 Å².